The van der Waals surface area contributed by atoms with Crippen molar-refractivity contribution in [1.29, 1.82) is 0 Å². The third kappa shape index (κ3) is 4.42. The van der Waals surface area contributed by atoms with E-state index in [0.29, 0.717) is 41.0 Å². The van der Waals surface area contributed by atoms with Gasteiger partial charge in [0.1, 0.15) is 18.1 Å². The third-order valence-electron chi connectivity index (χ3n) is 4.54. The molecule has 0 spiro atoms. The lowest BCUT2D eigenvalue weighted by Crippen LogP contribution is -3.11. The topological polar surface area (TPSA) is 66.9 Å². The van der Waals surface area contributed by atoms with E-state index in [-0.39, 0.29) is 17.3 Å². The lowest BCUT2D eigenvalue weighted by molar-refractivity contribution is -0.919. The number of furan rings is 1. The van der Waals surface area contributed by atoms with Gasteiger partial charge in [0.2, 0.25) is 5.78 Å². The largest absolute Gasteiger partial charge is 0.872 e. The number of hydrogen-bond acceptors (Lipinski definition) is 4. The molecule has 0 unspecified atom stereocenters. The summed E-state index contributed by atoms with van der Waals surface area (Å²) in [6.07, 6.45) is 3.11. The molecule has 5 nitrogen and oxygen atoms in total. The highest BCUT2D eigenvalue weighted by molar-refractivity contribution is 6.14. The second-order valence-corrected chi connectivity index (χ2v) is 8.00. The molecule has 0 saturated carbocycles. The van der Waals surface area contributed by atoms with Crippen LogP contribution in [-0.2, 0) is 6.54 Å². The van der Waals surface area contributed by atoms with Crippen molar-refractivity contribution in [1.82, 2.24) is 0 Å². The highest BCUT2D eigenvalue weighted by Gasteiger charge is 2.31. The van der Waals surface area contributed by atoms with Gasteiger partial charge in [0, 0.05) is 23.5 Å². The van der Waals surface area contributed by atoms with Crippen LogP contribution < -0.4 is 14.7 Å². The number of allylic oxidation sites excluding steroid dienone is 1. The van der Waals surface area contributed by atoms with Crippen molar-refractivity contribution in [3.8, 4) is 11.5 Å². The minimum Gasteiger partial charge on any atom is -0.872 e. The maximum absolute atomic E-state index is 12.7. The van der Waals surface area contributed by atoms with E-state index < -0.39 is 0 Å². The zero-order valence-electron chi connectivity index (χ0n) is 16.4. The van der Waals surface area contributed by atoms with Gasteiger partial charge in [0.25, 0.3) is 0 Å². The van der Waals surface area contributed by atoms with Crippen molar-refractivity contribution in [3.63, 3.8) is 0 Å². The van der Waals surface area contributed by atoms with Crippen LogP contribution in [0, 0.1) is 11.8 Å². The maximum atomic E-state index is 12.7. The normalized spacial score (nSPS) is 15.2. The van der Waals surface area contributed by atoms with Gasteiger partial charge in [-0.15, -0.1) is 0 Å². The van der Waals surface area contributed by atoms with Gasteiger partial charge in [-0.1, -0.05) is 39.5 Å². The number of carbonyl (C=O) groups excluding carboxylic acids is 1. The number of rotatable bonds is 7. The summed E-state index contributed by atoms with van der Waals surface area (Å²) >= 11 is 0. The molecule has 5 heteroatoms. The van der Waals surface area contributed by atoms with Crippen LogP contribution in [0.5, 0.6) is 11.5 Å². The summed E-state index contributed by atoms with van der Waals surface area (Å²) in [4.78, 5) is 14.0. The summed E-state index contributed by atoms with van der Waals surface area (Å²) in [6.45, 7) is 11.2. The molecule has 0 radical (unpaired) electrons. The zero-order valence-corrected chi connectivity index (χ0v) is 16.4. The SMILES string of the molecule is CC(C)C[NH+](Cc1c([O-])ccc2c1OC(=Cc1ccco1)C2=O)CC(C)C. The van der Waals surface area contributed by atoms with Gasteiger partial charge in [0.15, 0.2) is 5.76 Å². The summed E-state index contributed by atoms with van der Waals surface area (Å²) < 4.78 is 11.1. The quantitative estimate of drug-likeness (QED) is 0.762. The Morgan fingerprint density at radius 3 is 2.41 bits per heavy atom. The number of nitrogens with one attached hydrogen (secondary N) is 1. The van der Waals surface area contributed by atoms with E-state index in [1.54, 1.807) is 30.5 Å². The van der Waals surface area contributed by atoms with E-state index in [1.165, 1.54) is 11.0 Å². The van der Waals surface area contributed by atoms with Crippen molar-refractivity contribution >= 4 is 11.9 Å². The molecule has 1 N–H and O–H groups in total. The number of quaternary nitrogens is 1. The van der Waals surface area contributed by atoms with E-state index in [9.17, 15) is 9.90 Å². The van der Waals surface area contributed by atoms with Gasteiger partial charge >= 0.3 is 0 Å². The van der Waals surface area contributed by atoms with Crippen LogP contribution in [0.3, 0.4) is 0 Å². The van der Waals surface area contributed by atoms with E-state index >= 15 is 0 Å². The second kappa shape index (κ2) is 8.01. The average molecular weight is 369 g/mol. The molecule has 1 aliphatic heterocycles. The first-order valence-electron chi connectivity index (χ1n) is 9.49. The fourth-order valence-electron chi connectivity index (χ4n) is 3.59. The number of hydrogen-bond donors (Lipinski definition) is 1. The Bertz CT molecular complexity index is 824. The summed E-state index contributed by atoms with van der Waals surface area (Å²) in [5, 5.41) is 12.6. The van der Waals surface area contributed by atoms with Crippen LogP contribution in [0.25, 0.3) is 6.08 Å². The van der Waals surface area contributed by atoms with Crippen molar-refractivity contribution in [2.24, 2.45) is 11.8 Å². The molecule has 0 aliphatic carbocycles. The first kappa shape index (κ1) is 19.2. The van der Waals surface area contributed by atoms with Gasteiger partial charge in [-0.25, -0.2) is 0 Å². The summed E-state index contributed by atoms with van der Waals surface area (Å²) in [7, 11) is 0. The number of fused-ring (bicyclic) bond motifs is 1. The van der Waals surface area contributed by atoms with Gasteiger partial charge in [-0.3, -0.25) is 4.79 Å². The summed E-state index contributed by atoms with van der Waals surface area (Å²) in [6, 6.07) is 6.55. The number of ether oxygens (including phenoxy) is 1. The minimum atomic E-state index is -0.211. The van der Waals surface area contributed by atoms with Crippen LogP contribution in [0.4, 0.5) is 0 Å². The predicted octanol–water partition coefficient (Wildman–Crippen LogP) is 2.67. The Labute approximate surface area is 160 Å². The number of carbonyl (C=O) groups is 1. The van der Waals surface area contributed by atoms with Crippen LogP contribution >= 0.6 is 0 Å². The average Bonchev–Trinajstić information content (AvgIpc) is 3.18. The lowest BCUT2D eigenvalue weighted by Gasteiger charge is -2.26. The Balaban J connectivity index is 1.92. The molecule has 0 atom stereocenters. The molecule has 1 aromatic heterocycles. The molecule has 0 bridgehead atoms. The van der Waals surface area contributed by atoms with Crippen molar-refractivity contribution in [2.45, 2.75) is 34.2 Å². The first-order valence-corrected chi connectivity index (χ1v) is 9.49. The number of Topliss-reactive ketones (excluding diaryl/α,β-unsaturated/α-hetero) is 1. The maximum Gasteiger partial charge on any atom is 0.232 e. The molecule has 2 aromatic rings. The highest BCUT2D eigenvalue weighted by Crippen LogP contribution is 2.38. The highest BCUT2D eigenvalue weighted by atomic mass is 16.5. The van der Waals surface area contributed by atoms with Crippen LogP contribution in [0.15, 0.2) is 40.7 Å². The van der Waals surface area contributed by atoms with Crippen molar-refractivity contribution < 1.29 is 24.0 Å². The van der Waals surface area contributed by atoms with Gasteiger partial charge in [0.05, 0.1) is 24.9 Å². The molecule has 144 valence electrons. The monoisotopic (exact) mass is 369 g/mol. The van der Waals surface area contributed by atoms with E-state index in [4.69, 9.17) is 9.15 Å². The number of benzene rings is 1. The van der Waals surface area contributed by atoms with E-state index in [0.717, 1.165) is 13.1 Å². The van der Waals surface area contributed by atoms with Crippen LogP contribution in [-0.4, -0.2) is 18.9 Å². The predicted molar refractivity (Wildman–Crippen MR) is 102 cm³/mol. The van der Waals surface area contributed by atoms with Crippen molar-refractivity contribution in [3.05, 3.63) is 53.2 Å². The molecule has 0 fully saturated rings. The molecule has 3 rings (SSSR count). The first-order chi connectivity index (χ1) is 12.8. The van der Waals surface area contributed by atoms with Crippen LogP contribution in [0.1, 0.15) is 49.4 Å². The van der Waals surface area contributed by atoms with E-state index in [2.05, 4.69) is 27.7 Å². The minimum absolute atomic E-state index is 0.0780. The summed E-state index contributed by atoms with van der Waals surface area (Å²) in [5.74, 6) is 1.89. The lowest BCUT2D eigenvalue weighted by atomic mass is 10.0. The molecule has 0 amide bonds. The number of ketones is 1. The van der Waals surface area contributed by atoms with E-state index in [1.807, 2.05) is 0 Å². The molecule has 1 aromatic carbocycles. The van der Waals surface area contributed by atoms with Crippen molar-refractivity contribution in [2.75, 3.05) is 13.1 Å². The van der Waals surface area contributed by atoms with Crippen LogP contribution in [0.2, 0.25) is 0 Å². The Kier molecular flexibility index (Phi) is 5.71. The molecular weight excluding hydrogens is 342 g/mol. The standard InChI is InChI=1S/C22H27NO4/c1-14(2)11-23(12-15(3)4)13-18-19(24)8-7-17-21(25)20(27-22(17)18)10-16-6-5-9-26-16/h5-10,14-15,24H,11-13H2,1-4H3. The fourth-order valence-corrected chi connectivity index (χ4v) is 3.59. The Morgan fingerprint density at radius 2 is 1.81 bits per heavy atom. The smallest absolute Gasteiger partial charge is 0.232 e. The zero-order chi connectivity index (χ0) is 19.6. The van der Waals surface area contributed by atoms with Gasteiger partial charge in [-0.2, -0.15) is 0 Å². The molecule has 27 heavy (non-hydrogen) atoms. The summed E-state index contributed by atoms with van der Waals surface area (Å²) in [5.41, 5.74) is 1.04. The fraction of sp³-hybridized carbons (Fsp3) is 0.409. The second-order valence-electron chi connectivity index (χ2n) is 8.00. The van der Waals surface area contributed by atoms with Gasteiger partial charge in [-0.05, 0) is 18.2 Å². The molecule has 0 saturated heterocycles. The molecule has 2 heterocycles. The molecular formula is C22H27NO4. The Hall–Kier alpha value is -2.53. The molecule has 1 aliphatic rings. The third-order valence-corrected chi connectivity index (χ3v) is 4.54. The van der Waals surface area contributed by atoms with Gasteiger partial charge < -0.3 is 19.2 Å². The Morgan fingerprint density at radius 1 is 1.11 bits per heavy atom.